The minimum Gasteiger partial charge on any atom is -0.478 e. The van der Waals surface area contributed by atoms with Gasteiger partial charge in [-0.2, -0.15) is 0 Å². The minimum atomic E-state index is -2.26. The van der Waals surface area contributed by atoms with Crippen LogP contribution >= 0.6 is 11.8 Å². The number of hydrogen-bond donors (Lipinski definition) is 1. The third-order valence-corrected chi connectivity index (χ3v) is 3.64. The van der Waals surface area contributed by atoms with Crippen molar-refractivity contribution in [3.05, 3.63) is 58.9 Å². The molecule has 2 rings (SSSR count). The van der Waals surface area contributed by atoms with E-state index in [0.717, 1.165) is 6.07 Å². The summed E-state index contributed by atoms with van der Waals surface area (Å²) in [6.07, 6.45) is 0. The highest BCUT2D eigenvalue weighted by molar-refractivity contribution is 7.99. The van der Waals surface area contributed by atoms with E-state index in [2.05, 4.69) is 0 Å². The molecule has 21 heavy (non-hydrogen) atoms. The van der Waals surface area contributed by atoms with Crippen LogP contribution in [0, 0.1) is 29.1 Å². The lowest BCUT2D eigenvalue weighted by molar-refractivity contribution is 0.0693. The fourth-order valence-electron chi connectivity index (χ4n) is 1.52. The van der Waals surface area contributed by atoms with Crippen LogP contribution in [0.2, 0.25) is 0 Å². The van der Waals surface area contributed by atoms with E-state index in [0.29, 0.717) is 0 Å². The van der Waals surface area contributed by atoms with E-state index in [1.165, 1.54) is 18.2 Å². The highest BCUT2D eigenvalue weighted by Crippen LogP contribution is 2.36. The third kappa shape index (κ3) is 2.71. The first-order valence-electron chi connectivity index (χ1n) is 5.36. The van der Waals surface area contributed by atoms with Gasteiger partial charge >= 0.3 is 5.97 Å². The van der Waals surface area contributed by atoms with Gasteiger partial charge in [-0.25, -0.2) is 26.7 Å². The summed E-state index contributed by atoms with van der Waals surface area (Å²) >= 11 is 0.155. The van der Waals surface area contributed by atoms with Gasteiger partial charge in [-0.1, -0.05) is 23.9 Å². The topological polar surface area (TPSA) is 37.3 Å². The number of carboxylic acids is 1. The van der Waals surface area contributed by atoms with Crippen molar-refractivity contribution in [3.8, 4) is 0 Å². The monoisotopic (exact) mass is 320 g/mol. The van der Waals surface area contributed by atoms with Crippen LogP contribution in [0.25, 0.3) is 0 Å². The summed E-state index contributed by atoms with van der Waals surface area (Å²) in [5.41, 5.74) is -0.313. The van der Waals surface area contributed by atoms with Crippen LogP contribution in [-0.2, 0) is 0 Å². The SMILES string of the molecule is O=C(O)c1ccccc1Sc1c(F)c(F)c(F)c(F)c1F. The van der Waals surface area contributed by atoms with Gasteiger partial charge in [0.05, 0.1) is 10.5 Å². The summed E-state index contributed by atoms with van der Waals surface area (Å²) in [5.74, 6) is -11.8. The quantitative estimate of drug-likeness (QED) is 0.522. The van der Waals surface area contributed by atoms with Crippen LogP contribution in [0.3, 0.4) is 0 Å². The van der Waals surface area contributed by atoms with Gasteiger partial charge in [-0.05, 0) is 12.1 Å². The summed E-state index contributed by atoms with van der Waals surface area (Å²) in [7, 11) is 0. The second kappa shape index (κ2) is 5.72. The molecule has 1 N–H and O–H groups in total. The smallest absolute Gasteiger partial charge is 0.336 e. The molecule has 0 unspecified atom stereocenters. The van der Waals surface area contributed by atoms with Crippen molar-refractivity contribution in [2.75, 3.05) is 0 Å². The molecule has 0 atom stereocenters. The maximum Gasteiger partial charge on any atom is 0.336 e. The van der Waals surface area contributed by atoms with Crippen LogP contribution in [0.4, 0.5) is 22.0 Å². The van der Waals surface area contributed by atoms with Crippen LogP contribution in [0.5, 0.6) is 0 Å². The van der Waals surface area contributed by atoms with E-state index < -0.39 is 40.0 Å². The van der Waals surface area contributed by atoms with Gasteiger partial charge in [-0.3, -0.25) is 0 Å². The molecule has 0 aromatic heterocycles. The standard InChI is InChI=1S/C13H5F5O2S/c14-7-8(15)10(17)12(11(18)9(7)16)21-6-4-2-1-3-5(6)13(19)20/h1-4H,(H,19,20). The van der Waals surface area contributed by atoms with Crippen molar-refractivity contribution in [1.82, 2.24) is 0 Å². The molecule has 0 aliphatic heterocycles. The fourth-order valence-corrected chi connectivity index (χ4v) is 2.51. The van der Waals surface area contributed by atoms with Crippen molar-refractivity contribution in [2.45, 2.75) is 9.79 Å². The zero-order valence-corrected chi connectivity index (χ0v) is 10.8. The van der Waals surface area contributed by atoms with Gasteiger partial charge in [0.2, 0.25) is 5.82 Å². The summed E-state index contributed by atoms with van der Waals surface area (Å²) in [4.78, 5) is 9.66. The average molecular weight is 320 g/mol. The summed E-state index contributed by atoms with van der Waals surface area (Å²) < 4.78 is 66.1. The van der Waals surface area contributed by atoms with E-state index in [1.54, 1.807) is 0 Å². The van der Waals surface area contributed by atoms with Gasteiger partial charge in [0.1, 0.15) is 0 Å². The lowest BCUT2D eigenvalue weighted by Crippen LogP contribution is -2.04. The molecule has 0 saturated carbocycles. The average Bonchev–Trinajstić information content (AvgIpc) is 2.48. The van der Waals surface area contributed by atoms with Crippen molar-refractivity contribution in [1.29, 1.82) is 0 Å². The Hall–Kier alpha value is -2.09. The van der Waals surface area contributed by atoms with Crippen LogP contribution in [-0.4, -0.2) is 11.1 Å². The number of carboxylic acid groups (broad SMARTS) is 1. The van der Waals surface area contributed by atoms with Crippen LogP contribution in [0.1, 0.15) is 10.4 Å². The predicted molar refractivity (Wildman–Crippen MR) is 63.8 cm³/mol. The van der Waals surface area contributed by atoms with Gasteiger partial charge in [0.25, 0.3) is 0 Å². The Morgan fingerprint density at radius 2 is 1.33 bits per heavy atom. The second-order valence-electron chi connectivity index (χ2n) is 3.80. The molecule has 0 heterocycles. The minimum absolute atomic E-state index is 0.145. The largest absolute Gasteiger partial charge is 0.478 e. The van der Waals surface area contributed by atoms with Gasteiger partial charge in [0, 0.05) is 4.90 Å². The summed E-state index contributed by atoms with van der Waals surface area (Å²) in [6.45, 7) is 0. The number of benzene rings is 2. The first-order chi connectivity index (χ1) is 9.84. The zero-order valence-electron chi connectivity index (χ0n) is 9.96. The number of halogens is 5. The number of carbonyl (C=O) groups is 1. The number of aromatic carboxylic acids is 1. The van der Waals surface area contributed by atoms with Gasteiger partial charge < -0.3 is 5.11 Å². The summed E-state index contributed by atoms with van der Waals surface area (Å²) in [6, 6.07) is 5.09. The Bertz CT molecular complexity index is 704. The highest BCUT2D eigenvalue weighted by Gasteiger charge is 2.27. The molecule has 110 valence electrons. The number of rotatable bonds is 3. The summed E-state index contributed by atoms with van der Waals surface area (Å²) in [5, 5.41) is 8.93. The molecule has 2 aromatic carbocycles. The lowest BCUT2D eigenvalue weighted by Gasteiger charge is -2.09. The predicted octanol–water partition coefficient (Wildman–Crippen LogP) is 4.23. The molecule has 0 spiro atoms. The first-order valence-corrected chi connectivity index (χ1v) is 6.17. The Labute approximate surface area is 119 Å². The lowest BCUT2D eigenvalue weighted by atomic mass is 10.2. The number of hydrogen-bond acceptors (Lipinski definition) is 2. The van der Waals surface area contributed by atoms with E-state index in [1.807, 2.05) is 0 Å². The molecule has 2 aromatic rings. The Morgan fingerprint density at radius 1 is 0.857 bits per heavy atom. The molecule has 0 fully saturated rings. The Morgan fingerprint density at radius 3 is 1.86 bits per heavy atom. The zero-order chi connectivity index (χ0) is 15.7. The molecule has 0 radical (unpaired) electrons. The van der Waals surface area contributed by atoms with Crippen molar-refractivity contribution < 1.29 is 31.9 Å². The van der Waals surface area contributed by atoms with Crippen LogP contribution < -0.4 is 0 Å². The van der Waals surface area contributed by atoms with E-state index in [-0.39, 0.29) is 22.2 Å². The van der Waals surface area contributed by atoms with Crippen molar-refractivity contribution >= 4 is 17.7 Å². The second-order valence-corrected chi connectivity index (χ2v) is 4.85. The van der Waals surface area contributed by atoms with Crippen molar-refractivity contribution in [3.63, 3.8) is 0 Å². The molecule has 8 heteroatoms. The molecular formula is C13H5F5O2S. The molecule has 0 saturated heterocycles. The van der Waals surface area contributed by atoms with Gasteiger partial charge in [-0.15, -0.1) is 0 Å². The normalized spacial score (nSPS) is 10.7. The molecule has 0 bridgehead atoms. The fraction of sp³-hybridized carbons (Fsp3) is 0. The van der Waals surface area contributed by atoms with Gasteiger partial charge in [0.15, 0.2) is 23.3 Å². The molecule has 0 aliphatic carbocycles. The van der Waals surface area contributed by atoms with Crippen LogP contribution in [0.15, 0.2) is 34.1 Å². The van der Waals surface area contributed by atoms with E-state index in [9.17, 15) is 26.7 Å². The Kier molecular flexibility index (Phi) is 4.17. The van der Waals surface area contributed by atoms with E-state index >= 15 is 0 Å². The maximum absolute atomic E-state index is 13.5. The highest BCUT2D eigenvalue weighted by atomic mass is 32.2. The molecule has 2 nitrogen and oxygen atoms in total. The molecule has 0 aliphatic rings. The Balaban J connectivity index is 2.58. The molecular weight excluding hydrogens is 315 g/mol. The van der Waals surface area contributed by atoms with E-state index in [4.69, 9.17) is 5.11 Å². The maximum atomic E-state index is 13.5. The van der Waals surface area contributed by atoms with Crippen molar-refractivity contribution in [2.24, 2.45) is 0 Å². The molecule has 0 amide bonds. The first kappa shape index (κ1) is 15.3. The third-order valence-electron chi connectivity index (χ3n) is 2.50.